The van der Waals surface area contributed by atoms with Crippen LogP contribution in [0.15, 0.2) is 29.2 Å². The Hall–Kier alpha value is -2.27. The van der Waals surface area contributed by atoms with Crippen LogP contribution >= 0.6 is 11.6 Å². The number of aromatic nitrogens is 1. The smallest absolute Gasteiger partial charge is 0.260 e. The molecule has 0 atom stereocenters. The Kier molecular flexibility index (Phi) is 3.81. The molecule has 0 aliphatic heterocycles. The summed E-state index contributed by atoms with van der Waals surface area (Å²) in [4.78, 5) is 25.4. The molecule has 1 aromatic heterocycles. The lowest BCUT2D eigenvalue weighted by Crippen LogP contribution is -2.16. The first-order valence-electron chi connectivity index (χ1n) is 5.88. The standard InChI is InChI=1S/C14H13ClN2O3/c1-7-3-8(2)13(10(15)4-7)17-14(20)9-6-16-12(19)5-11(9)18/h3-6H,1-2H3,(H,17,20)(H2,16,18,19). The second-order valence-corrected chi connectivity index (χ2v) is 4.90. The summed E-state index contributed by atoms with van der Waals surface area (Å²) in [7, 11) is 0. The summed E-state index contributed by atoms with van der Waals surface area (Å²) in [6, 6.07) is 4.56. The summed E-state index contributed by atoms with van der Waals surface area (Å²) in [5.41, 5.74) is 1.77. The van der Waals surface area contributed by atoms with E-state index in [1.54, 1.807) is 6.07 Å². The number of aromatic hydroxyl groups is 1. The van der Waals surface area contributed by atoms with Crippen molar-refractivity contribution in [2.75, 3.05) is 5.32 Å². The Morgan fingerprint density at radius 2 is 2.00 bits per heavy atom. The van der Waals surface area contributed by atoms with Gasteiger partial charge in [0.2, 0.25) is 0 Å². The molecule has 0 spiro atoms. The number of pyridine rings is 1. The molecule has 0 saturated carbocycles. The van der Waals surface area contributed by atoms with Crippen LogP contribution in [0.2, 0.25) is 5.02 Å². The van der Waals surface area contributed by atoms with Gasteiger partial charge in [-0.25, -0.2) is 0 Å². The highest BCUT2D eigenvalue weighted by Crippen LogP contribution is 2.28. The van der Waals surface area contributed by atoms with Crippen LogP contribution in [0.25, 0.3) is 0 Å². The Bertz CT molecular complexity index is 714. The molecule has 6 heteroatoms. The van der Waals surface area contributed by atoms with E-state index in [-0.39, 0.29) is 11.3 Å². The Labute approximate surface area is 120 Å². The molecule has 5 nitrogen and oxygen atoms in total. The number of rotatable bonds is 2. The number of halogens is 1. The van der Waals surface area contributed by atoms with E-state index < -0.39 is 11.5 Å². The summed E-state index contributed by atoms with van der Waals surface area (Å²) in [6.45, 7) is 3.72. The summed E-state index contributed by atoms with van der Waals surface area (Å²) in [5, 5.41) is 12.7. The zero-order valence-corrected chi connectivity index (χ0v) is 11.7. The van der Waals surface area contributed by atoms with Crippen molar-refractivity contribution < 1.29 is 9.90 Å². The maximum Gasteiger partial charge on any atom is 0.260 e. The molecule has 0 aliphatic carbocycles. The number of amides is 1. The Morgan fingerprint density at radius 1 is 1.30 bits per heavy atom. The molecule has 1 amide bonds. The van der Waals surface area contributed by atoms with Crippen LogP contribution in [0.5, 0.6) is 5.75 Å². The number of aromatic amines is 1. The van der Waals surface area contributed by atoms with Gasteiger partial charge in [0.05, 0.1) is 16.3 Å². The molecule has 1 heterocycles. The van der Waals surface area contributed by atoms with Gasteiger partial charge >= 0.3 is 0 Å². The van der Waals surface area contributed by atoms with E-state index >= 15 is 0 Å². The molecular weight excluding hydrogens is 280 g/mol. The van der Waals surface area contributed by atoms with Crippen molar-refractivity contribution in [3.05, 3.63) is 56.5 Å². The van der Waals surface area contributed by atoms with Crippen molar-refractivity contribution in [2.24, 2.45) is 0 Å². The number of H-pyrrole nitrogens is 1. The van der Waals surface area contributed by atoms with Gasteiger partial charge in [-0.1, -0.05) is 17.7 Å². The number of carbonyl (C=O) groups excluding carboxylic acids is 1. The number of anilines is 1. The number of hydrogen-bond acceptors (Lipinski definition) is 3. The molecule has 0 saturated heterocycles. The predicted molar refractivity (Wildman–Crippen MR) is 77.6 cm³/mol. The fourth-order valence-corrected chi connectivity index (χ4v) is 2.27. The highest BCUT2D eigenvalue weighted by atomic mass is 35.5. The summed E-state index contributed by atoms with van der Waals surface area (Å²) >= 11 is 6.10. The molecule has 0 aliphatic rings. The fraction of sp³-hybridized carbons (Fsp3) is 0.143. The van der Waals surface area contributed by atoms with E-state index in [1.165, 1.54) is 0 Å². The lowest BCUT2D eigenvalue weighted by molar-refractivity contribution is 0.102. The summed E-state index contributed by atoms with van der Waals surface area (Å²) in [6.07, 6.45) is 1.16. The van der Waals surface area contributed by atoms with E-state index in [1.807, 2.05) is 19.9 Å². The maximum atomic E-state index is 12.1. The van der Waals surface area contributed by atoms with Crippen LogP contribution in [0, 0.1) is 13.8 Å². The number of benzene rings is 1. The maximum absolute atomic E-state index is 12.1. The van der Waals surface area contributed by atoms with Gasteiger partial charge in [-0.2, -0.15) is 0 Å². The minimum absolute atomic E-state index is 0.0272. The molecule has 104 valence electrons. The molecule has 2 aromatic rings. The molecular formula is C14H13ClN2O3. The predicted octanol–water partition coefficient (Wildman–Crippen LogP) is 2.60. The van der Waals surface area contributed by atoms with E-state index in [0.29, 0.717) is 10.7 Å². The van der Waals surface area contributed by atoms with Crippen molar-refractivity contribution in [2.45, 2.75) is 13.8 Å². The van der Waals surface area contributed by atoms with Crippen molar-refractivity contribution in [1.82, 2.24) is 4.98 Å². The van der Waals surface area contributed by atoms with Crippen LogP contribution in [0.4, 0.5) is 5.69 Å². The van der Waals surface area contributed by atoms with Gasteiger partial charge in [-0.3, -0.25) is 9.59 Å². The van der Waals surface area contributed by atoms with Gasteiger partial charge in [0.1, 0.15) is 5.75 Å². The average Bonchev–Trinajstić information content (AvgIpc) is 2.33. The Balaban J connectivity index is 2.35. The van der Waals surface area contributed by atoms with E-state index in [9.17, 15) is 14.7 Å². The zero-order chi connectivity index (χ0) is 14.9. The third-order valence-electron chi connectivity index (χ3n) is 2.82. The SMILES string of the molecule is Cc1cc(C)c(NC(=O)c2c[nH]c(=O)cc2O)c(Cl)c1. The lowest BCUT2D eigenvalue weighted by atomic mass is 10.1. The number of hydrogen-bond donors (Lipinski definition) is 3. The second-order valence-electron chi connectivity index (χ2n) is 4.49. The van der Waals surface area contributed by atoms with Crippen molar-refractivity contribution in [1.29, 1.82) is 0 Å². The van der Waals surface area contributed by atoms with Gasteiger partial charge in [-0.05, 0) is 31.0 Å². The molecule has 2 rings (SSSR count). The highest BCUT2D eigenvalue weighted by molar-refractivity contribution is 6.34. The van der Waals surface area contributed by atoms with Gasteiger partial charge in [0.25, 0.3) is 11.5 Å². The third kappa shape index (κ3) is 2.83. The molecule has 0 fully saturated rings. The molecule has 0 bridgehead atoms. The zero-order valence-electron chi connectivity index (χ0n) is 11.0. The fourth-order valence-electron chi connectivity index (χ4n) is 1.90. The topological polar surface area (TPSA) is 82.2 Å². The average molecular weight is 293 g/mol. The number of aryl methyl sites for hydroxylation is 2. The van der Waals surface area contributed by atoms with Gasteiger partial charge < -0.3 is 15.4 Å². The minimum Gasteiger partial charge on any atom is -0.507 e. The van der Waals surface area contributed by atoms with Crippen molar-refractivity contribution in [3.8, 4) is 5.75 Å². The highest BCUT2D eigenvalue weighted by Gasteiger charge is 2.15. The molecule has 20 heavy (non-hydrogen) atoms. The van der Waals surface area contributed by atoms with Crippen LogP contribution in [-0.4, -0.2) is 16.0 Å². The first-order valence-corrected chi connectivity index (χ1v) is 6.26. The van der Waals surface area contributed by atoms with E-state index in [0.717, 1.165) is 23.4 Å². The van der Waals surface area contributed by atoms with Crippen molar-refractivity contribution >= 4 is 23.2 Å². The first-order chi connectivity index (χ1) is 9.38. The number of carbonyl (C=O) groups is 1. The normalized spacial score (nSPS) is 10.3. The van der Waals surface area contributed by atoms with Crippen molar-refractivity contribution in [3.63, 3.8) is 0 Å². The second kappa shape index (κ2) is 5.38. The first kappa shape index (κ1) is 14.1. The number of nitrogens with one attached hydrogen (secondary N) is 2. The van der Waals surface area contributed by atoms with Crippen LogP contribution in [0.1, 0.15) is 21.5 Å². The minimum atomic E-state index is -0.549. The quantitative estimate of drug-likeness (QED) is 0.795. The van der Waals surface area contributed by atoms with Gasteiger partial charge in [-0.15, -0.1) is 0 Å². The Morgan fingerprint density at radius 3 is 2.60 bits per heavy atom. The van der Waals surface area contributed by atoms with E-state index in [2.05, 4.69) is 10.3 Å². The summed E-state index contributed by atoms with van der Waals surface area (Å²) in [5.74, 6) is -0.931. The van der Waals surface area contributed by atoms with Crippen LogP contribution in [0.3, 0.4) is 0 Å². The van der Waals surface area contributed by atoms with Gasteiger partial charge in [0.15, 0.2) is 0 Å². The molecule has 0 radical (unpaired) electrons. The summed E-state index contributed by atoms with van der Waals surface area (Å²) < 4.78 is 0. The monoisotopic (exact) mass is 292 g/mol. The molecule has 1 aromatic carbocycles. The van der Waals surface area contributed by atoms with Gasteiger partial charge in [0, 0.05) is 12.3 Å². The lowest BCUT2D eigenvalue weighted by Gasteiger charge is -2.12. The van der Waals surface area contributed by atoms with E-state index in [4.69, 9.17) is 11.6 Å². The molecule has 3 N–H and O–H groups in total. The van der Waals surface area contributed by atoms with Crippen LogP contribution in [-0.2, 0) is 0 Å². The largest absolute Gasteiger partial charge is 0.507 e. The molecule has 0 unspecified atom stereocenters. The van der Waals surface area contributed by atoms with Crippen LogP contribution < -0.4 is 10.9 Å². The third-order valence-corrected chi connectivity index (χ3v) is 3.12.